The molecule has 2 aromatic rings. The lowest BCUT2D eigenvalue weighted by Gasteiger charge is -2.36. The monoisotopic (exact) mass is 524 g/mol. The van der Waals surface area contributed by atoms with Crippen LogP contribution in [-0.4, -0.2) is 39.6 Å². The summed E-state index contributed by atoms with van der Waals surface area (Å²) < 4.78 is 90.2. The van der Waals surface area contributed by atoms with Crippen molar-refractivity contribution < 1.29 is 44.4 Å². The fraction of sp³-hybridized carbons (Fsp3) is 0.500. The number of benzene rings is 1. The van der Waals surface area contributed by atoms with Gasteiger partial charge in [0.2, 0.25) is 0 Å². The fourth-order valence-corrected chi connectivity index (χ4v) is 5.52. The molecule has 1 aromatic carbocycles. The van der Waals surface area contributed by atoms with Crippen LogP contribution in [0.4, 0.5) is 17.6 Å². The topological polar surface area (TPSA) is 78.9 Å². The van der Waals surface area contributed by atoms with Gasteiger partial charge in [0.25, 0.3) is 0 Å². The largest absolute Gasteiger partial charge is 0.461 e. The van der Waals surface area contributed by atoms with Crippen LogP contribution in [0.15, 0.2) is 40.6 Å². The van der Waals surface area contributed by atoms with Crippen molar-refractivity contribution in [3.8, 4) is 16.2 Å². The number of carbonyl (C=O) groups is 1. The van der Waals surface area contributed by atoms with Crippen molar-refractivity contribution in [2.24, 2.45) is 11.3 Å². The van der Waals surface area contributed by atoms with Gasteiger partial charge in [-0.15, -0.1) is 11.3 Å². The van der Waals surface area contributed by atoms with Crippen LogP contribution >= 0.6 is 11.3 Å². The normalized spacial score (nSPS) is 19.8. The van der Waals surface area contributed by atoms with E-state index in [1.165, 1.54) is 24.3 Å². The molecule has 34 heavy (non-hydrogen) atoms. The highest BCUT2D eigenvalue weighted by molar-refractivity contribution is 7.89. The van der Waals surface area contributed by atoms with Crippen molar-refractivity contribution in [1.29, 1.82) is 0 Å². The molecular formula is C22H24F4O6S2. The Morgan fingerprint density at radius 1 is 1.12 bits per heavy atom. The Labute approximate surface area is 199 Å². The first-order chi connectivity index (χ1) is 15.7. The molecule has 1 aliphatic heterocycles. The van der Waals surface area contributed by atoms with Gasteiger partial charge in [0, 0.05) is 11.5 Å². The summed E-state index contributed by atoms with van der Waals surface area (Å²) in [7, 11) is -4.37. The molecule has 0 saturated carbocycles. The molecule has 0 aliphatic carbocycles. The zero-order valence-electron chi connectivity index (χ0n) is 18.6. The second-order valence-electron chi connectivity index (χ2n) is 8.91. The van der Waals surface area contributed by atoms with Gasteiger partial charge in [-0.25, -0.2) is 0 Å². The van der Waals surface area contributed by atoms with Gasteiger partial charge in [-0.1, -0.05) is 20.8 Å². The highest BCUT2D eigenvalue weighted by Gasteiger charge is 2.44. The molecule has 2 unspecified atom stereocenters. The zero-order valence-corrected chi connectivity index (χ0v) is 20.2. The lowest BCUT2D eigenvalue weighted by molar-refractivity contribution is -0.253. The summed E-state index contributed by atoms with van der Waals surface area (Å²) in [5.41, 5.74) is 0.221. The number of hydrogen-bond donors (Lipinski definition) is 0. The molecule has 1 saturated heterocycles. The molecule has 0 spiro atoms. The maximum atomic E-state index is 13.0. The minimum absolute atomic E-state index is 0.206. The van der Waals surface area contributed by atoms with E-state index < -0.39 is 40.3 Å². The van der Waals surface area contributed by atoms with Crippen LogP contribution in [-0.2, 0) is 23.8 Å². The molecule has 0 amide bonds. The van der Waals surface area contributed by atoms with Crippen molar-refractivity contribution in [2.75, 3.05) is 6.61 Å². The summed E-state index contributed by atoms with van der Waals surface area (Å²) in [5, 5.41) is 0. The summed E-state index contributed by atoms with van der Waals surface area (Å²) in [6.07, 6.45) is -8.11. The van der Waals surface area contributed by atoms with Crippen LogP contribution in [0.25, 0.3) is 10.4 Å². The molecule has 1 aromatic heterocycles. The third kappa shape index (κ3) is 6.28. The van der Waals surface area contributed by atoms with E-state index in [9.17, 15) is 30.8 Å². The highest BCUT2D eigenvalue weighted by Crippen LogP contribution is 2.36. The molecule has 2 atom stereocenters. The van der Waals surface area contributed by atoms with Crippen molar-refractivity contribution in [1.82, 2.24) is 0 Å². The van der Waals surface area contributed by atoms with E-state index in [2.05, 4.69) is 4.74 Å². The first-order valence-electron chi connectivity index (χ1n) is 10.3. The fourth-order valence-electron chi connectivity index (χ4n) is 3.33. The van der Waals surface area contributed by atoms with E-state index >= 15 is 0 Å². The average Bonchev–Trinajstić information content (AvgIpc) is 3.24. The smallest absolute Gasteiger partial charge is 0.428 e. The molecule has 1 fully saturated rings. The lowest BCUT2D eigenvalue weighted by Crippen LogP contribution is -2.39. The average molecular weight is 525 g/mol. The molecule has 0 N–H and O–H groups in total. The van der Waals surface area contributed by atoms with E-state index in [0.29, 0.717) is 29.9 Å². The number of hydrogen-bond acceptors (Lipinski definition) is 7. The predicted molar refractivity (Wildman–Crippen MR) is 117 cm³/mol. The van der Waals surface area contributed by atoms with Crippen LogP contribution in [0.2, 0.25) is 0 Å². The van der Waals surface area contributed by atoms with E-state index in [-0.39, 0.29) is 15.7 Å². The van der Waals surface area contributed by atoms with Gasteiger partial charge in [0.1, 0.15) is 5.75 Å². The van der Waals surface area contributed by atoms with Gasteiger partial charge in [0.15, 0.2) is 4.21 Å². The molecule has 3 rings (SSSR count). The minimum atomic E-state index is -4.63. The summed E-state index contributed by atoms with van der Waals surface area (Å²) >= 11 is 0.811. The molecule has 12 heteroatoms. The number of alkyl halides is 4. The number of ether oxygens (including phenoxy) is 2. The molecular weight excluding hydrogens is 500 g/mol. The van der Waals surface area contributed by atoms with Gasteiger partial charge in [0.05, 0.1) is 12.0 Å². The minimum Gasteiger partial charge on any atom is -0.428 e. The molecule has 6 nitrogen and oxygen atoms in total. The van der Waals surface area contributed by atoms with Crippen LogP contribution in [0, 0.1) is 11.3 Å². The van der Waals surface area contributed by atoms with E-state index in [1.807, 2.05) is 20.8 Å². The molecule has 0 radical (unpaired) electrons. The summed E-state index contributed by atoms with van der Waals surface area (Å²) in [6.45, 7) is 6.24. The Balaban J connectivity index is 1.68. The van der Waals surface area contributed by atoms with Gasteiger partial charge >= 0.3 is 28.6 Å². The van der Waals surface area contributed by atoms with Crippen molar-refractivity contribution in [3.05, 3.63) is 36.4 Å². The third-order valence-electron chi connectivity index (χ3n) is 5.25. The van der Waals surface area contributed by atoms with Gasteiger partial charge in [-0.05, 0) is 60.2 Å². The maximum Gasteiger partial charge on any atom is 0.461 e. The van der Waals surface area contributed by atoms with E-state index in [4.69, 9.17) is 8.92 Å². The SMILES string of the molecule is CC(C)(C)C1CC(C(=O)OS(=O)(=O)c2ccc(-c3ccc(OC(F)(F)C(F)F)cc3)s2)CCO1. The Morgan fingerprint density at radius 3 is 2.35 bits per heavy atom. The molecule has 188 valence electrons. The second kappa shape index (κ2) is 9.82. The Hall–Kier alpha value is -2.18. The second-order valence-corrected chi connectivity index (χ2v) is 11.8. The zero-order chi connectivity index (χ0) is 25.3. The number of halogens is 4. The van der Waals surface area contributed by atoms with E-state index in [1.54, 1.807) is 0 Å². The van der Waals surface area contributed by atoms with Crippen molar-refractivity contribution in [2.45, 2.75) is 56.5 Å². The summed E-state index contributed by atoms with van der Waals surface area (Å²) in [4.78, 5) is 13.0. The third-order valence-corrected chi connectivity index (χ3v) is 8.05. The standard InChI is InChI=1S/C22H24F4O6S2/c1-21(2,3)17-12-14(10-11-30-17)19(27)32-34(28,29)18-9-8-16(33-18)13-4-6-15(7-5-13)31-22(25,26)20(23)24/h4-9,14,17,20H,10-12H2,1-3H3. The maximum absolute atomic E-state index is 13.0. The summed E-state index contributed by atoms with van der Waals surface area (Å²) in [6, 6.07) is 7.49. The quantitative estimate of drug-likeness (QED) is 0.340. The van der Waals surface area contributed by atoms with Crippen molar-refractivity contribution in [3.63, 3.8) is 0 Å². The van der Waals surface area contributed by atoms with E-state index in [0.717, 1.165) is 23.5 Å². The Kier molecular flexibility index (Phi) is 7.63. The Bertz CT molecular complexity index is 1110. The first kappa shape index (κ1) is 26.4. The number of carbonyl (C=O) groups excluding carboxylic acids is 1. The first-order valence-corrected chi connectivity index (χ1v) is 12.6. The van der Waals surface area contributed by atoms with Gasteiger partial charge < -0.3 is 13.7 Å². The molecule has 2 heterocycles. The van der Waals surface area contributed by atoms with Crippen LogP contribution < -0.4 is 4.74 Å². The highest BCUT2D eigenvalue weighted by atomic mass is 32.3. The summed E-state index contributed by atoms with van der Waals surface area (Å²) in [5.74, 6) is -1.92. The number of rotatable bonds is 7. The molecule has 0 bridgehead atoms. The Morgan fingerprint density at radius 2 is 1.76 bits per heavy atom. The van der Waals surface area contributed by atoms with Crippen LogP contribution in [0.5, 0.6) is 5.75 Å². The van der Waals surface area contributed by atoms with Gasteiger partial charge in [-0.3, -0.25) is 4.79 Å². The van der Waals surface area contributed by atoms with Crippen LogP contribution in [0.1, 0.15) is 33.6 Å². The van der Waals surface area contributed by atoms with Crippen molar-refractivity contribution >= 4 is 27.4 Å². The number of thiophene rings is 1. The van der Waals surface area contributed by atoms with Crippen LogP contribution in [0.3, 0.4) is 0 Å². The lowest BCUT2D eigenvalue weighted by atomic mass is 9.81. The van der Waals surface area contributed by atoms with Gasteiger partial charge in [-0.2, -0.15) is 26.0 Å². The predicted octanol–water partition coefficient (Wildman–Crippen LogP) is 5.73. The molecule has 1 aliphatic rings.